The second kappa shape index (κ2) is 11.5. The highest BCUT2D eigenvalue weighted by atomic mass is 16.6. The summed E-state index contributed by atoms with van der Waals surface area (Å²) in [6.45, 7) is 3.02. The molecule has 0 unspecified atom stereocenters. The zero-order chi connectivity index (χ0) is 32.1. The Morgan fingerprint density at radius 2 is 1.66 bits per heavy atom. The fourth-order valence-corrected chi connectivity index (χ4v) is 6.71. The third kappa shape index (κ3) is 4.93. The first-order valence-electron chi connectivity index (χ1n) is 14.1. The molecule has 0 bridgehead atoms. The summed E-state index contributed by atoms with van der Waals surface area (Å²) >= 11 is 0. The standard InChI is InChI=1S/C30H35N5O9/c1-14-15(2)26(39)24-23(25(14)38)18(13-43-28(32)40)30(42-4)27-20(11-34(24)30)35(27)29(41)44-12-17-7-5-16(6-8-17)9-21(36)19(33-3)10-22(31)37/h5-8,18-20,27,33H,9-13H2,1-4H3,(H2,31,37)(H2,32,40)/t18-,19+,20+,27+,30-,35?/m0/s1. The van der Waals surface area contributed by atoms with Gasteiger partial charge in [0.05, 0.1) is 23.7 Å². The van der Waals surface area contributed by atoms with Gasteiger partial charge in [0.25, 0.3) is 0 Å². The second-order valence-corrected chi connectivity index (χ2v) is 11.4. The summed E-state index contributed by atoms with van der Waals surface area (Å²) in [7, 11) is 3.01. The number of hydrogen-bond acceptors (Lipinski definition) is 11. The van der Waals surface area contributed by atoms with Gasteiger partial charge >= 0.3 is 12.2 Å². The average Bonchev–Trinajstić information content (AvgIpc) is 3.50. The van der Waals surface area contributed by atoms with Crippen LogP contribution in [0.4, 0.5) is 9.59 Å². The molecule has 0 radical (unpaired) electrons. The van der Waals surface area contributed by atoms with Crippen LogP contribution in [0.15, 0.2) is 46.7 Å². The lowest BCUT2D eigenvalue weighted by molar-refractivity contribution is -0.144. The number of nitrogens with one attached hydrogen (secondary N) is 1. The van der Waals surface area contributed by atoms with Crippen LogP contribution in [-0.4, -0.2) is 96.4 Å². The molecular formula is C30H35N5O9. The zero-order valence-corrected chi connectivity index (χ0v) is 24.9. The van der Waals surface area contributed by atoms with E-state index >= 15 is 0 Å². The average molecular weight is 610 g/mol. The first kappa shape index (κ1) is 30.9. The minimum Gasteiger partial charge on any atom is -0.449 e. The quantitative estimate of drug-likeness (QED) is 0.227. The van der Waals surface area contributed by atoms with Crippen molar-refractivity contribution in [2.45, 2.75) is 57.1 Å². The summed E-state index contributed by atoms with van der Waals surface area (Å²) in [5.74, 6) is -2.27. The molecule has 0 spiro atoms. The lowest BCUT2D eigenvalue weighted by atomic mass is 9.81. The molecule has 44 heavy (non-hydrogen) atoms. The Balaban J connectivity index is 1.27. The first-order valence-corrected chi connectivity index (χ1v) is 14.1. The van der Waals surface area contributed by atoms with Gasteiger partial charge in [0, 0.05) is 43.2 Å². The monoisotopic (exact) mass is 609 g/mol. The van der Waals surface area contributed by atoms with E-state index in [4.69, 9.17) is 25.7 Å². The number of nitrogens with zero attached hydrogens (tertiary/aromatic N) is 2. The Morgan fingerprint density at radius 1 is 1.02 bits per heavy atom. The lowest BCUT2D eigenvalue weighted by Crippen LogP contribution is -2.56. The van der Waals surface area contributed by atoms with Crippen molar-refractivity contribution in [1.82, 2.24) is 15.1 Å². The summed E-state index contributed by atoms with van der Waals surface area (Å²) in [6, 6.07) is 5.34. The Bertz CT molecular complexity index is 1520. The first-order chi connectivity index (χ1) is 20.9. The number of methoxy groups -OCH3 is 1. The molecule has 0 aromatic heterocycles. The molecule has 1 aromatic carbocycles. The van der Waals surface area contributed by atoms with Gasteiger partial charge in [-0.25, -0.2) is 9.59 Å². The summed E-state index contributed by atoms with van der Waals surface area (Å²) in [4.78, 5) is 78.5. The predicted octanol–water partition coefficient (Wildman–Crippen LogP) is 0.0767. The van der Waals surface area contributed by atoms with Gasteiger partial charge in [0.15, 0.2) is 17.3 Å². The van der Waals surface area contributed by atoms with E-state index in [9.17, 15) is 28.8 Å². The molecule has 3 heterocycles. The van der Waals surface area contributed by atoms with Gasteiger partial charge in [0.1, 0.15) is 19.3 Å². The van der Waals surface area contributed by atoms with E-state index < -0.39 is 41.8 Å². The molecule has 2 fully saturated rings. The molecule has 3 amide bonds. The Morgan fingerprint density at radius 3 is 2.25 bits per heavy atom. The predicted molar refractivity (Wildman–Crippen MR) is 152 cm³/mol. The van der Waals surface area contributed by atoms with Crippen LogP contribution in [0.2, 0.25) is 0 Å². The number of piperazine rings is 1. The van der Waals surface area contributed by atoms with Gasteiger partial charge < -0.3 is 35.9 Å². The molecule has 5 rings (SSSR count). The molecule has 14 nitrogen and oxygen atoms in total. The van der Waals surface area contributed by atoms with Crippen molar-refractivity contribution in [3.8, 4) is 0 Å². The maximum absolute atomic E-state index is 13.4. The van der Waals surface area contributed by atoms with Crippen molar-refractivity contribution in [1.29, 1.82) is 0 Å². The van der Waals surface area contributed by atoms with Gasteiger partial charge in [-0.05, 0) is 32.0 Å². The summed E-state index contributed by atoms with van der Waals surface area (Å²) in [6.07, 6.45) is -1.64. The normalized spacial score (nSPS) is 25.9. The van der Waals surface area contributed by atoms with Crippen molar-refractivity contribution in [2.24, 2.45) is 17.4 Å². The van der Waals surface area contributed by atoms with E-state index in [0.717, 1.165) is 5.56 Å². The number of Topliss-reactive ketones (excluding diaryl/α,β-unsaturated/α-hetero) is 3. The van der Waals surface area contributed by atoms with E-state index in [2.05, 4.69) is 5.32 Å². The second-order valence-electron chi connectivity index (χ2n) is 11.4. The number of amides is 3. The third-order valence-electron chi connectivity index (χ3n) is 9.06. The van der Waals surface area contributed by atoms with Crippen molar-refractivity contribution >= 4 is 35.4 Å². The number of nitrogens with two attached hydrogens (primary N) is 2. The zero-order valence-electron chi connectivity index (χ0n) is 24.9. The van der Waals surface area contributed by atoms with Crippen molar-refractivity contribution in [2.75, 3.05) is 27.3 Å². The number of fused-ring (bicyclic) bond motifs is 4. The van der Waals surface area contributed by atoms with Gasteiger partial charge in [-0.15, -0.1) is 0 Å². The van der Waals surface area contributed by atoms with Gasteiger partial charge in [-0.1, -0.05) is 24.3 Å². The number of allylic oxidation sites excluding steroid dienone is 2. The van der Waals surface area contributed by atoms with Crippen molar-refractivity contribution < 1.29 is 43.0 Å². The summed E-state index contributed by atoms with van der Waals surface area (Å²) < 4.78 is 16.8. The third-order valence-corrected chi connectivity index (χ3v) is 9.06. The number of rotatable bonds is 11. The number of ether oxygens (including phenoxy) is 3. The Labute approximate surface area is 253 Å². The number of likely N-dealkylation sites (N-methyl/N-ethyl adjacent to an activating group) is 1. The molecule has 1 aliphatic carbocycles. The number of primary amides is 2. The summed E-state index contributed by atoms with van der Waals surface area (Å²) in [5.41, 5.74) is 11.6. The fourth-order valence-electron chi connectivity index (χ4n) is 6.71. The highest BCUT2D eigenvalue weighted by Gasteiger charge is 2.78. The molecule has 5 N–H and O–H groups in total. The molecule has 2 saturated heterocycles. The summed E-state index contributed by atoms with van der Waals surface area (Å²) in [5, 5.41) is 2.80. The molecule has 14 heteroatoms. The van der Waals surface area contributed by atoms with Crippen molar-refractivity contribution in [3.05, 3.63) is 57.8 Å². The van der Waals surface area contributed by atoms with Crippen LogP contribution >= 0.6 is 0 Å². The van der Waals surface area contributed by atoms with E-state index in [0.29, 0.717) is 16.7 Å². The van der Waals surface area contributed by atoms with Crippen LogP contribution in [0.5, 0.6) is 0 Å². The minimum absolute atomic E-state index is 0.0459. The maximum atomic E-state index is 13.4. The fraction of sp³-hybridized carbons (Fsp3) is 0.467. The molecule has 234 valence electrons. The van der Waals surface area contributed by atoms with E-state index in [1.54, 1.807) is 50.1 Å². The van der Waals surface area contributed by atoms with E-state index in [1.165, 1.54) is 12.0 Å². The van der Waals surface area contributed by atoms with Crippen LogP contribution in [0.3, 0.4) is 0 Å². The Hall–Kier alpha value is -4.56. The van der Waals surface area contributed by atoms with Crippen LogP contribution in [0.25, 0.3) is 0 Å². The highest BCUT2D eigenvalue weighted by Crippen LogP contribution is 2.60. The number of carbonyl (C=O) groups is 6. The van der Waals surface area contributed by atoms with E-state index in [-0.39, 0.29) is 67.3 Å². The number of benzene rings is 1. The molecular weight excluding hydrogens is 574 g/mol. The number of carbonyl (C=O) groups excluding carboxylic acids is 6. The number of ketones is 3. The van der Waals surface area contributed by atoms with Crippen LogP contribution in [0, 0.1) is 5.92 Å². The minimum atomic E-state index is -1.34. The number of hydrogen-bond donors (Lipinski definition) is 3. The maximum Gasteiger partial charge on any atom is 0.410 e. The van der Waals surface area contributed by atoms with Gasteiger partial charge in [-0.3, -0.25) is 24.1 Å². The molecule has 0 saturated carbocycles. The van der Waals surface area contributed by atoms with E-state index in [1.807, 2.05) is 0 Å². The lowest BCUT2D eigenvalue weighted by Gasteiger charge is -2.40. The molecule has 1 aromatic rings. The highest BCUT2D eigenvalue weighted by molar-refractivity contribution is 6.25. The van der Waals surface area contributed by atoms with Crippen LogP contribution in [0.1, 0.15) is 31.4 Å². The molecule has 4 aliphatic rings. The smallest absolute Gasteiger partial charge is 0.410 e. The van der Waals surface area contributed by atoms with Crippen molar-refractivity contribution in [3.63, 3.8) is 0 Å². The SMILES string of the molecule is CN[C@H](CC(N)=O)C(=O)Cc1ccc(COC(=O)N2[C@@H]3CN4C5=C(C(=O)C(C)=C(C)C5=O)[C@H](COC(N)=O)[C@]4(OC)[C@@H]32)cc1. The largest absolute Gasteiger partial charge is 0.449 e. The van der Waals surface area contributed by atoms with Crippen LogP contribution in [-0.2, 0) is 46.4 Å². The van der Waals surface area contributed by atoms with Gasteiger partial charge in [-0.2, -0.15) is 0 Å². The molecule has 3 aliphatic heterocycles. The van der Waals surface area contributed by atoms with Crippen LogP contribution < -0.4 is 16.8 Å². The van der Waals surface area contributed by atoms with Gasteiger partial charge in [0.2, 0.25) is 11.7 Å². The topological polar surface area (TPSA) is 200 Å². The Kier molecular flexibility index (Phi) is 8.07. The molecule has 5 atom stereocenters.